The highest BCUT2D eigenvalue weighted by Crippen LogP contribution is 2.26. The van der Waals surface area contributed by atoms with Crippen LogP contribution in [0.4, 0.5) is 5.69 Å². The van der Waals surface area contributed by atoms with Crippen LogP contribution in [0.5, 0.6) is 5.75 Å². The predicted octanol–water partition coefficient (Wildman–Crippen LogP) is 4.17. The van der Waals surface area contributed by atoms with Crippen molar-refractivity contribution in [3.63, 3.8) is 0 Å². The molecular formula is C16H17ClN2O2S. The number of ether oxygens (including phenoxy) is 1. The van der Waals surface area contributed by atoms with E-state index in [4.69, 9.17) is 16.3 Å². The molecule has 22 heavy (non-hydrogen) atoms. The molecule has 1 aromatic carbocycles. The first-order chi connectivity index (χ1) is 10.5. The molecule has 0 aliphatic rings. The molecule has 0 radical (unpaired) electrons. The maximum atomic E-state index is 12.2. The summed E-state index contributed by atoms with van der Waals surface area (Å²) in [5.74, 6) is 0.247. The van der Waals surface area contributed by atoms with Crippen molar-refractivity contribution >= 4 is 35.0 Å². The standard InChI is InChI=1S/C16H17ClN2O2S/c1-10-4-6-13(17)14(8-10)21-11(2)16(20)19-12-5-7-15(22-3)18-9-12/h4-9,11H,1-3H3,(H,19,20). The van der Waals surface area contributed by atoms with Crippen molar-refractivity contribution in [2.24, 2.45) is 0 Å². The third-order valence-electron chi connectivity index (χ3n) is 2.97. The Morgan fingerprint density at radius 3 is 2.77 bits per heavy atom. The zero-order chi connectivity index (χ0) is 16.1. The maximum absolute atomic E-state index is 12.2. The minimum atomic E-state index is -0.667. The number of carbonyl (C=O) groups excluding carboxylic acids is 1. The largest absolute Gasteiger partial charge is 0.479 e. The molecule has 1 amide bonds. The first kappa shape index (κ1) is 16.6. The number of benzene rings is 1. The van der Waals surface area contributed by atoms with Crippen LogP contribution in [-0.2, 0) is 4.79 Å². The molecule has 0 saturated carbocycles. The van der Waals surface area contributed by atoms with Crippen molar-refractivity contribution in [2.45, 2.75) is 25.0 Å². The van der Waals surface area contributed by atoms with Crippen LogP contribution in [-0.4, -0.2) is 23.3 Å². The van der Waals surface area contributed by atoms with Crippen LogP contribution in [0.3, 0.4) is 0 Å². The van der Waals surface area contributed by atoms with Crippen molar-refractivity contribution in [3.8, 4) is 5.75 Å². The molecule has 2 aromatic rings. The average Bonchev–Trinajstić information content (AvgIpc) is 2.51. The van der Waals surface area contributed by atoms with Crippen molar-refractivity contribution in [3.05, 3.63) is 47.1 Å². The SMILES string of the molecule is CSc1ccc(NC(=O)C(C)Oc2cc(C)ccc2Cl)cn1. The van der Waals surface area contributed by atoms with E-state index in [-0.39, 0.29) is 5.91 Å². The Kier molecular flexibility index (Phi) is 5.69. The lowest BCUT2D eigenvalue weighted by Gasteiger charge is -2.16. The monoisotopic (exact) mass is 336 g/mol. The number of amides is 1. The van der Waals surface area contributed by atoms with Crippen molar-refractivity contribution in [1.29, 1.82) is 0 Å². The van der Waals surface area contributed by atoms with Crippen molar-refractivity contribution in [1.82, 2.24) is 4.98 Å². The second-order valence-corrected chi connectivity index (χ2v) is 6.01. The van der Waals surface area contributed by atoms with E-state index >= 15 is 0 Å². The lowest BCUT2D eigenvalue weighted by Crippen LogP contribution is -2.30. The second-order valence-electron chi connectivity index (χ2n) is 4.77. The zero-order valence-corrected chi connectivity index (χ0v) is 14.2. The van der Waals surface area contributed by atoms with Gasteiger partial charge in [0.15, 0.2) is 6.10 Å². The molecule has 116 valence electrons. The molecule has 1 aromatic heterocycles. The summed E-state index contributed by atoms with van der Waals surface area (Å²) in [4.78, 5) is 16.4. The Balaban J connectivity index is 2.00. The normalized spacial score (nSPS) is 11.8. The molecule has 0 saturated heterocycles. The summed E-state index contributed by atoms with van der Waals surface area (Å²) in [7, 11) is 0. The number of rotatable bonds is 5. The molecule has 0 aliphatic heterocycles. The molecule has 0 aliphatic carbocycles. The number of nitrogens with zero attached hydrogens (tertiary/aromatic N) is 1. The second kappa shape index (κ2) is 7.51. The third-order valence-corrected chi connectivity index (χ3v) is 3.94. The van der Waals surface area contributed by atoms with E-state index < -0.39 is 6.10 Å². The molecular weight excluding hydrogens is 320 g/mol. The molecule has 6 heteroatoms. The van der Waals surface area contributed by atoms with Crippen LogP contribution in [0.15, 0.2) is 41.6 Å². The van der Waals surface area contributed by atoms with Gasteiger partial charge >= 0.3 is 0 Å². The lowest BCUT2D eigenvalue weighted by atomic mass is 10.2. The van der Waals surface area contributed by atoms with Gasteiger partial charge in [-0.3, -0.25) is 4.79 Å². The number of hydrogen-bond donors (Lipinski definition) is 1. The molecule has 0 spiro atoms. The Bertz CT molecular complexity index is 662. The zero-order valence-electron chi connectivity index (χ0n) is 12.6. The van der Waals surface area contributed by atoms with Gasteiger partial charge in [-0.05, 0) is 49.9 Å². The van der Waals surface area contributed by atoms with Gasteiger partial charge in [0.2, 0.25) is 0 Å². The summed E-state index contributed by atoms with van der Waals surface area (Å²) in [6.45, 7) is 3.62. The summed E-state index contributed by atoms with van der Waals surface area (Å²) in [6.07, 6.45) is 2.90. The number of pyridine rings is 1. The quantitative estimate of drug-likeness (QED) is 0.832. The van der Waals surface area contributed by atoms with Crippen LogP contribution in [0, 0.1) is 6.92 Å². The van der Waals surface area contributed by atoms with Crippen LogP contribution >= 0.6 is 23.4 Å². The highest BCUT2D eigenvalue weighted by Gasteiger charge is 2.16. The van der Waals surface area contributed by atoms with Crippen molar-refractivity contribution < 1.29 is 9.53 Å². The van der Waals surface area contributed by atoms with E-state index in [9.17, 15) is 4.79 Å². The summed E-state index contributed by atoms with van der Waals surface area (Å²) in [5.41, 5.74) is 1.65. The fourth-order valence-electron chi connectivity index (χ4n) is 1.76. The Morgan fingerprint density at radius 2 is 2.14 bits per heavy atom. The molecule has 1 atom stereocenters. The number of aryl methyl sites for hydroxylation is 1. The first-order valence-corrected chi connectivity index (χ1v) is 8.33. The molecule has 1 heterocycles. The Labute approximate surface area is 139 Å². The number of thioether (sulfide) groups is 1. The minimum absolute atomic E-state index is 0.253. The van der Waals surface area contributed by atoms with Gasteiger partial charge in [0, 0.05) is 0 Å². The van der Waals surface area contributed by atoms with Gasteiger partial charge in [-0.2, -0.15) is 0 Å². The number of halogens is 1. The summed E-state index contributed by atoms with van der Waals surface area (Å²) < 4.78 is 5.64. The predicted molar refractivity (Wildman–Crippen MR) is 90.9 cm³/mol. The number of carbonyl (C=O) groups is 1. The number of aromatic nitrogens is 1. The van der Waals surface area contributed by atoms with E-state index in [2.05, 4.69) is 10.3 Å². The maximum Gasteiger partial charge on any atom is 0.265 e. The van der Waals surface area contributed by atoms with Gasteiger partial charge in [0.1, 0.15) is 5.75 Å². The van der Waals surface area contributed by atoms with Gasteiger partial charge in [-0.25, -0.2) is 4.98 Å². The van der Waals surface area contributed by atoms with E-state index in [1.807, 2.05) is 31.4 Å². The van der Waals surface area contributed by atoms with Gasteiger partial charge in [0.05, 0.1) is 21.9 Å². The van der Waals surface area contributed by atoms with Crippen molar-refractivity contribution in [2.75, 3.05) is 11.6 Å². The number of hydrogen-bond acceptors (Lipinski definition) is 4. The van der Waals surface area contributed by atoms with E-state index in [1.165, 1.54) is 0 Å². The smallest absolute Gasteiger partial charge is 0.265 e. The lowest BCUT2D eigenvalue weighted by molar-refractivity contribution is -0.122. The van der Waals surface area contributed by atoms with Crippen LogP contribution in [0.1, 0.15) is 12.5 Å². The van der Waals surface area contributed by atoms with E-state index in [0.717, 1.165) is 10.6 Å². The number of nitrogens with one attached hydrogen (secondary N) is 1. The topological polar surface area (TPSA) is 51.2 Å². The van der Waals surface area contributed by atoms with E-state index in [0.29, 0.717) is 16.5 Å². The van der Waals surface area contributed by atoms with Gasteiger partial charge in [-0.1, -0.05) is 17.7 Å². The van der Waals surface area contributed by atoms with Crippen LogP contribution in [0.25, 0.3) is 0 Å². The molecule has 0 fully saturated rings. The summed E-state index contributed by atoms with van der Waals surface area (Å²) in [5, 5.41) is 4.15. The highest BCUT2D eigenvalue weighted by molar-refractivity contribution is 7.98. The van der Waals surface area contributed by atoms with Gasteiger partial charge in [-0.15, -0.1) is 11.8 Å². The van der Waals surface area contributed by atoms with Crippen LogP contribution < -0.4 is 10.1 Å². The van der Waals surface area contributed by atoms with Crippen LogP contribution in [0.2, 0.25) is 5.02 Å². The third kappa shape index (κ3) is 4.39. The van der Waals surface area contributed by atoms with E-state index in [1.54, 1.807) is 37.0 Å². The first-order valence-electron chi connectivity index (χ1n) is 6.73. The molecule has 2 rings (SSSR count). The molecule has 4 nitrogen and oxygen atoms in total. The molecule has 1 unspecified atom stereocenters. The fourth-order valence-corrected chi connectivity index (χ4v) is 2.29. The highest BCUT2D eigenvalue weighted by atomic mass is 35.5. The van der Waals surface area contributed by atoms with Gasteiger partial charge in [0.25, 0.3) is 5.91 Å². The Morgan fingerprint density at radius 1 is 1.36 bits per heavy atom. The van der Waals surface area contributed by atoms with Gasteiger partial charge < -0.3 is 10.1 Å². The minimum Gasteiger partial charge on any atom is -0.479 e. The summed E-state index contributed by atoms with van der Waals surface area (Å²) in [6, 6.07) is 9.11. The Hall–Kier alpha value is -1.72. The number of anilines is 1. The molecule has 0 bridgehead atoms. The fraction of sp³-hybridized carbons (Fsp3) is 0.250. The average molecular weight is 337 g/mol. The molecule has 1 N–H and O–H groups in total. The summed E-state index contributed by atoms with van der Waals surface area (Å²) >= 11 is 7.61.